The summed E-state index contributed by atoms with van der Waals surface area (Å²) in [5, 5.41) is 4.60. The van der Waals surface area contributed by atoms with Crippen LogP contribution in [-0.2, 0) is 0 Å². The maximum atomic E-state index is 4.60. The molecule has 0 spiro atoms. The van der Waals surface area contributed by atoms with E-state index < -0.39 is 0 Å². The van der Waals surface area contributed by atoms with E-state index in [0.29, 0.717) is 0 Å². The minimum atomic E-state index is 0.958. The van der Waals surface area contributed by atoms with Crippen LogP contribution in [0.4, 0.5) is 5.69 Å². The molecule has 0 heterocycles. The first kappa shape index (κ1) is 15.3. The summed E-state index contributed by atoms with van der Waals surface area (Å²) in [6.07, 6.45) is 1.66. The Morgan fingerprint density at radius 2 is 1.20 bits per heavy atom. The van der Waals surface area contributed by atoms with Gasteiger partial charge in [-0.15, -0.1) is 0 Å². The molecule has 3 aromatic carbocycles. The van der Waals surface area contributed by atoms with E-state index in [1.807, 2.05) is 18.2 Å². The molecule has 0 aromatic heterocycles. The van der Waals surface area contributed by atoms with E-state index in [1.165, 1.54) is 11.1 Å². The second-order valence-corrected chi connectivity index (χ2v) is 6.18. The standard InChI is InChI=1S/C22H19N3/c1-15-8-7-9-16(2)21(15)23-14-24-25-22-19-12-5-3-10-17(19)18-11-4-6-13-20(18)22/h3-14H,1-2H3,(H,23,24). The molecule has 3 nitrogen and oxygen atoms in total. The number of aliphatic imine (C=N–C) groups is 1. The summed E-state index contributed by atoms with van der Waals surface area (Å²) >= 11 is 0. The van der Waals surface area contributed by atoms with Gasteiger partial charge in [0.15, 0.2) is 0 Å². The van der Waals surface area contributed by atoms with Gasteiger partial charge in [0.1, 0.15) is 6.34 Å². The van der Waals surface area contributed by atoms with Gasteiger partial charge in [-0.05, 0) is 36.1 Å². The summed E-state index contributed by atoms with van der Waals surface area (Å²) in [5.41, 5.74) is 12.0. The van der Waals surface area contributed by atoms with Crippen molar-refractivity contribution in [2.45, 2.75) is 13.8 Å². The zero-order valence-electron chi connectivity index (χ0n) is 14.3. The van der Waals surface area contributed by atoms with Crippen LogP contribution in [0.5, 0.6) is 0 Å². The maximum absolute atomic E-state index is 4.60. The van der Waals surface area contributed by atoms with Gasteiger partial charge in [-0.25, -0.2) is 4.99 Å². The molecule has 0 radical (unpaired) electrons. The lowest BCUT2D eigenvalue weighted by Gasteiger charge is -2.04. The van der Waals surface area contributed by atoms with Crippen molar-refractivity contribution in [3.05, 3.63) is 89.0 Å². The Morgan fingerprint density at radius 1 is 0.680 bits per heavy atom. The highest BCUT2D eigenvalue weighted by atomic mass is 15.3. The summed E-state index contributed by atoms with van der Waals surface area (Å²) < 4.78 is 0. The number of nitrogens with zero attached hydrogens (tertiary/aromatic N) is 2. The fourth-order valence-corrected chi connectivity index (χ4v) is 3.31. The molecule has 0 saturated heterocycles. The van der Waals surface area contributed by atoms with Crippen molar-refractivity contribution in [1.82, 2.24) is 5.43 Å². The molecule has 0 aliphatic heterocycles. The summed E-state index contributed by atoms with van der Waals surface area (Å²) in [6.45, 7) is 4.13. The lowest BCUT2D eigenvalue weighted by Crippen LogP contribution is -2.08. The summed E-state index contributed by atoms with van der Waals surface area (Å²) in [6, 6.07) is 22.9. The number of benzene rings is 3. The lowest BCUT2D eigenvalue weighted by atomic mass is 10.1. The third kappa shape index (κ3) is 2.74. The van der Waals surface area contributed by atoms with E-state index in [-0.39, 0.29) is 0 Å². The zero-order chi connectivity index (χ0) is 17.2. The molecule has 1 N–H and O–H groups in total. The molecule has 0 saturated carbocycles. The van der Waals surface area contributed by atoms with E-state index in [4.69, 9.17) is 0 Å². The highest BCUT2D eigenvalue weighted by Crippen LogP contribution is 2.36. The summed E-state index contributed by atoms with van der Waals surface area (Å²) in [7, 11) is 0. The van der Waals surface area contributed by atoms with Crippen molar-refractivity contribution in [3.8, 4) is 11.1 Å². The second kappa shape index (κ2) is 6.36. The quantitative estimate of drug-likeness (QED) is 0.322. The first-order valence-electron chi connectivity index (χ1n) is 8.37. The molecule has 25 heavy (non-hydrogen) atoms. The van der Waals surface area contributed by atoms with Crippen molar-refractivity contribution >= 4 is 17.7 Å². The highest BCUT2D eigenvalue weighted by molar-refractivity contribution is 6.24. The first-order chi connectivity index (χ1) is 12.3. The summed E-state index contributed by atoms with van der Waals surface area (Å²) in [5.74, 6) is 0. The average Bonchev–Trinajstić information content (AvgIpc) is 2.95. The van der Waals surface area contributed by atoms with Crippen LogP contribution in [0.2, 0.25) is 0 Å². The minimum Gasteiger partial charge on any atom is -0.267 e. The number of rotatable bonds is 3. The number of aryl methyl sites for hydroxylation is 2. The molecular weight excluding hydrogens is 306 g/mol. The van der Waals surface area contributed by atoms with Crippen LogP contribution in [0.15, 0.2) is 76.8 Å². The topological polar surface area (TPSA) is 36.8 Å². The average molecular weight is 325 g/mol. The van der Waals surface area contributed by atoms with Gasteiger partial charge in [0.05, 0.1) is 11.4 Å². The van der Waals surface area contributed by atoms with Gasteiger partial charge in [-0.1, -0.05) is 66.7 Å². The smallest absolute Gasteiger partial charge is 0.109 e. The van der Waals surface area contributed by atoms with Crippen LogP contribution < -0.4 is 5.43 Å². The van der Waals surface area contributed by atoms with E-state index in [9.17, 15) is 0 Å². The van der Waals surface area contributed by atoms with Crippen LogP contribution >= 0.6 is 0 Å². The van der Waals surface area contributed by atoms with Crippen LogP contribution in [0.3, 0.4) is 0 Å². The largest absolute Gasteiger partial charge is 0.267 e. The molecule has 122 valence electrons. The van der Waals surface area contributed by atoms with Crippen LogP contribution in [0.1, 0.15) is 22.3 Å². The van der Waals surface area contributed by atoms with E-state index in [0.717, 1.165) is 33.7 Å². The van der Waals surface area contributed by atoms with Crippen molar-refractivity contribution in [3.63, 3.8) is 0 Å². The fraction of sp³-hybridized carbons (Fsp3) is 0.0909. The maximum Gasteiger partial charge on any atom is 0.109 e. The number of hydrogen-bond donors (Lipinski definition) is 1. The van der Waals surface area contributed by atoms with Gasteiger partial charge in [-0.2, -0.15) is 5.10 Å². The van der Waals surface area contributed by atoms with Crippen LogP contribution in [-0.4, -0.2) is 12.1 Å². The summed E-state index contributed by atoms with van der Waals surface area (Å²) in [4.78, 5) is 4.54. The molecule has 3 heteroatoms. The molecule has 0 amide bonds. The Labute approximate surface area is 147 Å². The van der Waals surface area contributed by atoms with E-state index >= 15 is 0 Å². The van der Waals surface area contributed by atoms with Crippen LogP contribution in [0, 0.1) is 13.8 Å². The Balaban J connectivity index is 1.65. The Kier molecular flexibility index (Phi) is 3.90. The van der Waals surface area contributed by atoms with Gasteiger partial charge in [-0.3, -0.25) is 5.43 Å². The van der Waals surface area contributed by atoms with E-state index in [1.54, 1.807) is 6.34 Å². The first-order valence-corrected chi connectivity index (χ1v) is 8.37. The number of hydrogen-bond acceptors (Lipinski definition) is 2. The molecule has 0 fully saturated rings. The molecule has 4 rings (SSSR count). The highest BCUT2D eigenvalue weighted by Gasteiger charge is 2.23. The van der Waals surface area contributed by atoms with Crippen molar-refractivity contribution < 1.29 is 0 Å². The number of hydrazone groups is 1. The van der Waals surface area contributed by atoms with Crippen molar-refractivity contribution in [1.29, 1.82) is 0 Å². The van der Waals surface area contributed by atoms with Crippen molar-refractivity contribution in [2.24, 2.45) is 10.1 Å². The molecule has 0 atom stereocenters. The monoisotopic (exact) mass is 325 g/mol. The Morgan fingerprint density at radius 3 is 1.76 bits per heavy atom. The van der Waals surface area contributed by atoms with Gasteiger partial charge in [0, 0.05) is 11.1 Å². The molecular formula is C22H19N3. The predicted octanol–water partition coefficient (Wildman–Crippen LogP) is 4.99. The van der Waals surface area contributed by atoms with Crippen molar-refractivity contribution in [2.75, 3.05) is 0 Å². The molecule has 1 aliphatic carbocycles. The van der Waals surface area contributed by atoms with Crippen LogP contribution in [0.25, 0.3) is 11.1 Å². The number of nitrogens with one attached hydrogen (secondary N) is 1. The molecule has 0 unspecified atom stereocenters. The van der Waals surface area contributed by atoms with Gasteiger partial charge in [0.25, 0.3) is 0 Å². The number of para-hydroxylation sites is 1. The number of fused-ring (bicyclic) bond motifs is 3. The van der Waals surface area contributed by atoms with Gasteiger partial charge < -0.3 is 0 Å². The SMILES string of the molecule is Cc1cccc(C)c1N=CNN=C1c2ccccc2-c2ccccc21. The lowest BCUT2D eigenvalue weighted by molar-refractivity contribution is 1.05. The fourth-order valence-electron chi connectivity index (χ4n) is 3.31. The zero-order valence-corrected chi connectivity index (χ0v) is 14.3. The Hall–Kier alpha value is -3.20. The van der Waals surface area contributed by atoms with Gasteiger partial charge >= 0.3 is 0 Å². The third-order valence-electron chi connectivity index (χ3n) is 4.52. The Bertz CT molecular complexity index is 932. The molecule has 1 aliphatic rings. The molecule has 0 bridgehead atoms. The normalized spacial score (nSPS) is 12.2. The second-order valence-electron chi connectivity index (χ2n) is 6.18. The van der Waals surface area contributed by atoms with E-state index in [2.05, 4.69) is 77.9 Å². The third-order valence-corrected chi connectivity index (χ3v) is 4.52. The minimum absolute atomic E-state index is 0.958. The predicted molar refractivity (Wildman–Crippen MR) is 105 cm³/mol. The molecule has 3 aromatic rings. The van der Waals surface area contributed by atoms with Gasteiger partial charge in [0.2, 0.25) is 0 Å².